The molecule has 0 bridgehead atoms. The predicted octanol–water partition coefficient (Wildman–Crippen LogP) is 6.01. The van der Waals surface area contributed by atoms with E-state index in [0.717, 1.165) is 44.1 Å². The van der Waals surface area contributed by atoms with Crippen molar-refractivity contribution in [2.75, 3.05) is 6.61 Å². The largest absolute Gasteiger partial charge is 0.396 e. The third kappa shape index (κ3) is 7.41. The molecule has 2 saturated carbocycles. The monoisotopic (exact) mass is 486 g/mol. The van der Waals surface area contributed by atoms with E-state index < -0.39 is 17.8 Å². The van der Waals surface area contributed by atoms with Crippen molar-refractivity contribution in [2.45, 2.75) is 116 Å². The first kappa shape index (κ1) is 28.4. The summed E-state index contributed by atoms with van der Waals surface area (Å²) in [4.78, 5) is 0. The van der Waals surface area contributed by atoms with Crippen LogP contribution in [0.15, 0.2) is 47.1 Å². The lowest BCUT2D eigenvalue weighted by Gasteiger charge is -2.49. The van der Waals surface area contributed by atoms with Gasteiger partial charge in [0.25, 0.3) is 0 Å². The first-order chi connectivity index (χ1) is 16.5. The summed E-state index contributed by atoms with van der Waals surface area (Å²) in [5, 5.41) is 40.3. The average molecular weight is 487 g/mol. The number of hydrogen-bond acceptors (Lipinski definition) is 4. The minimum absolute atomic E-state index is 0.0331. The summed E-state index contributed by atoms with van der Waals surface area (Å²) in [5.41, 5.74) is 2.97. The van der Waals surface area contributed by atoms with Crippen molar-refractivity contribution in [3.63, 3.8) is 0 Å². The Morgan fingerprint density at radius 1 is 1.11 bits per heavy atom. The van der Waals surface area contributed by atoms with Crippen molar-refractivity contribution in [3.05, 3.63) is 47.1 Å². The van der Waals surface area contributed by atoms with E-state index in [1.54, 1.807) is 6.08 Å². The van der Waals surface area contributed by atoms with E-state index in [9.17, 15) is 15.3 Å². The first-order valence-corrected chi connectivity index (χ1v) is 14.0. The van der Waals surface area contributed by atoms with Crippen LogP contribution in [0.5, 0.6) is 0 Å². The molecule has 4 nitrogen and oxygen atoms in total. The van der Waals surface area contributed by atoms with E-state index in [2.05, 4.69) is 38.2 Å². The molecule has 0 radical (unpaired) electrons. The third-order valence-electron chi connectivity index (χ3n) is 9.06. The van der Waals surface area contributed by atoms with Gasteiger partial charge in [0.15, 0.2) is 0 Å². The number of rotatable bonds is 8. The highest BCUT2D eigenvalue weighted by Gasteiger charge is 2.46. The van der Waals surface area contributed by atoms with Gasteiger partial charge in [-0.1, -0.05) is 68.2 Å². The molecule has 0 aromatic heterocycles. The highest BCUT2D eigenvalue weighted by Crippen LogP contribution is 2.55. The first-order valence-electron chi connectivity index (χ1n) is 14.0. The minimum Gasteiger partial charge on any atom is -0.396 e. The smallest absolute Gasteiger partial charge is 0.0812 e. The van der Waals surface area contributed by atoms with Gasteiger partial charge in [-0.15, -0.1) is 0 Å². The summed E-state index contributed by atoms with van der Waals surface area (Å²) < 4.78 is 0. The third-order valence-corrected chi connectivity index (χ3v) is 9.06. The maximum Gasteiger partial charge on any atom is 0.0812 e. The molecule has 2 fully saturated rings. The zero-order valence-corrected chi connectivity index (χ0v) is 22.5. The quantitative estimate of drug-likeness (QED) is 0.317. The lowest BCUT2D eigenvalue weighted by atomic mass is 9.55. The highest BCUT2D eigenvalue weighted by atomic mass is 16.3. The van der Waals surface area contributed by atoms with Crippen LogP contribution >= 0.6 is 0 Å². The van der Waals surface area contributed by atoms with Crippen molar-refractivity contribution in [1.29, 1.82) is 0 Å². The fraction of sp³-hybridized carbons (Fsp3) is 0.742. The van der Waals surface area contributed by atoms with Crippen LogP contribution in [-0.4, -0.2) is 44.8 Å². The molecule has 198 valence electrons. The standard InChI is InChI=1S/C31H50O4/c1-22(10-7-17-30(2,3)35)26-13-5-6-14-27-24(11-8-18-31(26,27)4)16-15-23-20-28(33)25(12-9-19-32)29(34)21-23/h5-6,12,15-16,22,26-29,32-35H,7-11,13-14,17-21H2,1-4H3/b23-15?,24-16+,25-12?/t22-,26+,27+,28-,29-,31-/m1/s1. The summed E-state index contributed by atoms with van der Waals surface area (Å²) in [6.45, 7) is 8.79. The molecule has 0 heterocycles. The zero-order chi connectivity index (χ0) is 25.6. The summed E-state index contributed by atoms with van der Waals surface area (Å²) >= 11 is 0. The second kappa shape index (κ2) is 12.4. The number of hydrogen-bond donors (Lipinski definition) is 4. The molecule has 0 aromatic carbocycles. The molecule has 4 N–H and O–H groups in total. The highest BCUT2D eigenvalue weighted by molar-refractivity contribution is 5.30. The molecule has 6 atom stereocenters. The lowest BCUT2D eigenvalue weighted by molar-refractivity contribution is 0.0375. The van der Waals surface area contributed by atoms with Crippen LogP contribution in [0.25, 0.3) is 0 Å². The Kier molecular flexibility index (Phi) is 10.0. The molecular weight excluding hydrogens is 436 g/mol. The SMILES string of the molecule is C[C@H](CCCC(C)(C)O)[C@@H]1CC=CC[C@H]2/C(=C/C=C3C[C@@H](O)C(=CCCO)[C@H](O)C3)CCC[C@@]21C. The molecule has 0 aliphatic heterocycles. The van der Waals surface area contributed by atoms with Crippen molar-refractivity contribution in [1.82, 2.24) is 0 Å². The van der Waals surface area contributed by atoms with Gasteiger partial charge in [-0.25, -0.2) is 0 Å². The Bertz CT molecular complexity index is 798. The second-order valence-corrected chi connectivity index (χ2v) is 12.4. The minimum atomic E-state index is -0.665. The topological polar surface area (TPSA) is 80.9 Å². The molecular formula is C31H50O4. The van der Waals surface area contributed by atoms with Crippen LogP contribution < -0.4 is 0 Å². The Morgan fingerprint density at radius 2 is 1.80 bits per heavy atom. The number of aliphatic hydroxyl groups is 4. The van der Waals surface area contributed by atoms with Gasteiger partial charge < -0.3 is 20.4 Å². The number of allylic oxidation sites excluding steroid dienone is 5. The Labute approximate surface area is 213 Å². The maximum atomic E-state index is 10.6. The molecule has 3 aliphatic carbocycles. The van der Waals surface area contributed by atoms with Gasteiger partial charge in [0.05, 0.1) is 17.8 Å². The Balaban J connectivity index is 1.75. The summed E-state index contributed by atoms with van der Waals surface area (Å²) in [6, 6.07) is 0. The maximum absolute atomic E-state index is 10.6. The van der Waals surface area contributed by atoms with Gasteiger partial charge >= 0.3 is 0 Å². The van der Waals surface area contributed by atoms with Gasteiger partial charge in [-0.05, 0) is 100 Å². The Hall–Kier alpha value is -1.20. The van der Waals surface area contributed by atoms with Crippen molar-refractivity contribution < 1.29 is 20.4 Å². The van der Waals surface area contributed by atoms with Crippen LogP contribution in [0.3, 0.4) is 0 Å². The molecule has 3 rings (SSSR count). The molecule has 35 heavy (non-hydrogen) atoms. The van der Waals surface area contributed by atoms with Crippen molar-refractivity contribution >= 4 is 0 Å². The number of fused-ring (bicyclic) bond motifs is 1. The van der Waals surface area contributed by atoms with Crippen LogP contribution in [0, 0.1) is 23.2 Å². The summed E-state index contributed by atoms with van der Waals surface area (Å²) in [5.74, 6) is 1.80. The molecule has 0 spiro atoms. The van der Waals surface area contributed by atoms with Crippen LogP contribution in [-0.2, 0) is 0 Å². The van der Waals surface area contributed by atoms with Gasteiger partial charge in [-0.3, -0.25) is 0 Å². The van der Waals surface area contributed by atoms with E-state index in [1.165, 1.54) is 18.4 Å². The van der Waals surface area contributed by atoms with Crippen molar-refractivity contribution in [2.24, 2.45) is 23.2 Å². The molecule has 0 saturated heterocycles. The lowest BCUT2D eigenvalue weighted by Crippen LogP contribution is -2.41. The van der Waals surface area contributed by atoms with Crippen LogP contribution in [0.4, 0.5) is 0 Å². The fourth-order valence-corrected chi connectivity index (χ4v) is 7.10. The molecule has 0 unspecified atom stereocenters. The van der Waals surface area contributed by atoms with E-state index in [4.69, 9.17) is 5.11 Å². The van der Waals surface area contributed by atoms with Gasteiger partial charge in [0.2, 0.25) is 0 Å². The van der Waals surface area contributed by atoms with Gasteiger partial charge in [-0.2, -0.15) is 0 Å². The van der Waals surface area contributed by atoms with E-state index in [1.807, 2.05) is 13.8 Å². The summed E-state index contributed by atoms with van der Waals surface area (Å²) in [6.07, 6.45) is 20.3. The normalized spacial score (nSPS) is 33.9. The van der Waals surface area contributed by atoms with Gasteiger partial charge in [0, 0.05) is 6.61 Å². The van der Waals surface area contributed by atoms with E-state index in [-0.39, 0.29) is 12.0 Å². The average Bonchev–Trinajstić information content (AvgIpc) is 2.95. The molecule has 0 aromatic rings. The van der Waals surface area contributed by atoms with Crippen molar-refractivity contribution in [3.8, 4) is 0 Å². The number of aliphatic hydroxyl groups excluding tert-OH is 3. The zero-order valence-electron chi connectivity index (χ0n) is 22.5. The van der Waals surface area contributed by atoms with Crippen LogP contribution in [0.2, 0.25) is 0 Å². The molecule has 4 heteroatoms. The van der Waals surface area contributed by atoms with E-state index >= 15 is 0 Å². The van der Waals surface area contributed by atoms with Gasteiger partial charge in [0.1, 0.15) is 0 Å². The Morgan fingerprint density at radius 3 is 2.46 bits per heavy atom. The second-order valence-electron chi connectivity index (χ2n) is 12.4. The summed E-state index contributed by atoms with van der Waals surface area (Å²) in [7, 11) is 0. The van der Waals surface area contributed by atoms with Crippen LogP contribution in [0.1, 0.15) is 98.3 Å². The predicted molar refractivity (Wildman–Crippen MR) is 144 cm³/mol. The molecule has 0 amide bonds. The fourth-order valence-electron chi connectivity index (χ4n) is 7.10. The van der Waals surface area contributed by atoms with E-state index in [0.29, 0.717) is 42.6 Å². The molecule has 3 aliphatic rings.